The zero-order valence-electron chi connectivity index (χ0n) is 18.3. The molecule has 0 aliphatic heterocycles. The van der Waals surface area contributed by atoms with E-state index in [1.165, 1.54) is 5.56 Å². The molecule has 0 radical (unpaired) electrons. The molecule has 32 heavy (non-hydrogen) atoms. The lowest BCUT2D eigenvalue weighted by Gasteiger charge is -2.13. The monoisotopic (exact) mass is 440 g/mol. The van der Waals surface area contributed by atoms with Gasteiger partial charge in [0.2, 0.25) is 0 Å². The minimum atomic E-state index is -0.318. The third kappa shape index (κ3) is 3.73. The summed E-state index contributed by atoms with van der Waals surface area (Å²) in [6.07, 6.45) is 0. The Morgan fingerprint density at radius 2 is 1.75 bits per heavy atom. The fourth-order valence-corrected chi connectivity index (χ4v) is 5.22. The van der Waals surface area contributed by atoms with Crippen LogP contribution in [-0.2, 0) is 5.75 Å². The Kier molecular flexibility index (Phi) is 5.35. The van der Waals surface area contributed by atoms with Gasteiger partial charge in [-0.2, -0.15) is 0 Å². The van der Waals surface area contributed by atoms with Crippen LogP contribution in [0, 0.1) is 6.92 Å². The Labute approximate surface area is 190 Å². The molecule has 0 aliphatic carbocycles. The van der Waals surface area contributed by atoms with Crippen LogP contribution in [0.5, 0.6) is 0 Å². The second-order valence-corrected chi connectivity index (χ2v) is 9.24. The van der Waals surface area contributed by atoms with Gasteiger partial charge in [0.05, 0.1) is 11.0 Å². The minimum absolute atomic E-state index is 0.318. The molecule has 4 nitrogen and oxygen atoms in total. The van der Waals surface area contributed by atoms with Gasteiger partial charge in [0.1, 0.15) is 5.58 Å². The highest BCUT2D eigenvalue weighted by atomic mass is 32.2. The maximum Gasteiger partial charge on any atom is 0.336 e. The molecule has 0 amide bonds. The predicted octanol–water partition coefficient (Wildman–Crippen LogP) is 6.86. The molecular weight excluding hydrogens is 416 g/mol. The van der Waals surface area contributed by atoms with Crippen LogP contribution in [0.15, 0.2) is 87.2 Å². The van der Waals surface area contributed by atoms with Gasteiger partial charge in [-0.15, -0.1) is 0 Å². The van der Waals surface area contributed by atoms with E-state index in [0.29, 0.717) is 17.3 Å². The summed E-state index contributed by atoms with van der Waals surface area (Å²) < 4.78 is 7.70. The van der Waals surface area contributed by atoms with Crippen molar-refractivity contribution in [1.29, 1.82) is 0 Å². The lowest BCUT2D eigenvalue weighted by Crippen LogP contribution is -2.02. The van der Waals surface area contributed by atoms with Gasteiger partial charge in [-0.05, 0) is 65.9 Å². The maximum absolute atomic E-state index is 12.3. The summed E-state index contributed by atoms with van der Waals surface area (Å²) >= 11 is 1.63. The van der Waals surface area contributed by atoms with Crippen LogP contribution in [0.2, 0.25) is 0 Å². The van der Waals surface area contributed by atoms with Crippen molar-refractivity contribution in [3.05, 3.63) is 99.9 Å². The van der Waals surface area contributed by atoms with Crippen molar-refractivity contribution in [2.24, 2.45) is 0 Å². The summed E-state index contributed by atoms with van der Waals surface area (Å²) in [6, 6.07) is 24.2. The van der Waals surface area contributed by atoms with E-state index in [9.17, 15) is 4.79 Å². The fraction of sp³-hybridized carbons (Fsp3) is 0.185. The van der Waals surface area contributed by atoms with E-state index < -0.39 is 0 Å². The minimum Gasteiger partial charge on any atom is -0.423 e. The quantitative estimate of drug-likeness (QED) is 0.221. The molecule has 5 heteroatoms. The number of imidazole rings is 1. The topological polar surface area (TPSA) is 48.0 Å². The number of benzene rings is 3. The predicted molar refractivity (Wildman–Crippen MR) is 132 cm³/mol. The first-order chi connectivity index (χ1) is 15.5. The van der Waals surface area contributed by atoms with E-state index in [0.717, 1.165) is 38.4 Å². The van der Waals surface area contributed by atoms with Gasteiger partial charge in [-0.1, -0.05) is 55.9 Å². The zero-order valence-corrected chi connectivity index (χ0v) is 19.1. The van der Waals surface area contributed by atoms with Crippen LogP contribution in [0.3, 0.4) is 0 Å². The summed E-state index contributed by atoms with van der Waals surface area (Å²) in [5.41, 5.74) is 6.80. The normalized spacial score (nSPS) is 11.6. The lowest BCUT2D eigenvalue weighted by molar-refractivity contribution is 0.559. The highest BCUT2D eigenvalue weighted by Gasteiger charge is 2.15. The van der Waals surface area contributed by atoms with E-state index in [1.54, 1.807) is 17.8 Å². The van der Waals surface area contributed by atoms with E-state index in [2.05, 4.69) is 49.6 Å². The number of nitrogens with zero attached hydrogens (tertiary/aromatic N) is 2. The molecule has 2 heterocycles. The second kappa shape index (κ2) is 8.32. The molecule has 0 spiro atoms. The molecule has 5 rings (SSSR count). The molecule has 5 aromatic rings. The number of hydrogen-bond donors (Lipinski definition) is 0. The Balaban J connectivity index is 1.60. The molecule has 0 saturated carbocycles. The maximum atomic E-state index is 12.3. The number of rotatable bonds is 5. The average Bonchev–Trinajstić information content (AvgIpc) is 3.15. The standard InChI is InChI=1S/C27H24N2O2S/c1-17(2)21-15-22-19(14-26(30)31-25(22)13-18(21)3)16-32-27-28-23-11-7-8-12-24(23)29(27)20-9-5-4-6-10-20/h4-15,17H,16H2,1-3H3. The van der Waals surface area contributed by atoms with Crippen LogP contribution >= 0.6 is 11.8 Å². The molecule has 160 valence electrons. The summed E-state index contributed by atoms with van der Waals surface area (Å²) in [4.78, 5) is 17.2. The molecule has 2 aromatic heterocycles. The smallest absolute Gasteiger partial charge is 0.336 e. The van der Waals surface area contributed by atoms with E-state index in [1.807, 2.05) is 42.5 Å². The highest BCUT2D eigenvalue weighted by Crippen LogP contribution is 2.33. The molecule has 0 saturated heterocycles. The van der Waals surface area contributed by atoms with Crippen molar-refractivity contribution in [2.45, 2.75) is 37.6 Å². The first-order valence-corrected chi connectivity index (χ1v) is 11.7. The van der Waals surface area contributed by atoms with Crippen molar-refractivity contribution < 1.29 is 4.42 Å². The van der Waals surface area contributed by atoms with Crippen molar-refractivity contribution in [1.82, 2.24) is 9.55 Å². The Morgan fingerprint density at radius 1 is 1.00 bits per heavy atom. The van der Waals surface area contributed by atoms with E-state index in [-0.39, 0.29) is 5.63 Å². The Morgan fingerprint density at radius 3 is 2.53 bits per heavy atom. The zero-order chi connectivity index (χ0) is 22.2. The largest absolute Gasteiger partial charge is 0.423 e. The van der Waals surface area contributed by atoms with E-state index >= 15 is 0 Å². The number of para-hydroxylation sites is 3. The Hall–Kier alpha value is -3.31. The third-order valence-corrected chi connectivity index (χ3v) is 6.73. The van der Waals surface area contributed by atoms with Crippen molar-refractivity contribution in [3.8, 4) is 5.69 Å². The Bertz CT molecular complexity index is 1480. The summed E-state index contributed by atoms with van der Waals surface area (Å²) in [6.45, 7) is 6.44. The highest BCUT2D eigenvalue weighted by molar-refractivity contribution is 7.98. The first-order valence-electron chi connectivity index (χ1n) is 10.7. The molecule has 0 atom stereocenters. The number of thioether (sulfide) groups is 1. The molecule has 0 unspecified atom stereocenters. The SMILES string of the molecule is Cc1cc2oc(=O)cc(CSc3nc4ccccc4n3-c3ccccc3)c2cc1C(C)C. The second-order valence-electron chi connectivity index (χ2n) is 8.29. The van der Waals surface area contributed by atoms with Gasteiger partial charge in [0.15, 0.2) is 5.16 Å². The molecule has 0 fully saturated rings. The van der Waals surface area contributed by atoms with Crippen LogP contribution in [0.25, 0.3) is 27.7 Å². The van der Waals surface area contributed by atoms with Crippen molar-refractivity contribution in [2.75, 3.05) is 0 Å². The lowest BCUT2D eigenvalue weighted by atomic mass is 9.95. The van der Waals surface area contributed by atoms with Gasteiger partial charge in [-0.3, -0.25) is 4.57 Å². The van der Waals surface area contributed by atoms with Crippen LogP contribution < -0.4 is 5.63 Å². The third-order valence-electron chi connectivity index (χ3n) is 5.74. The van der Waals surface area contributed by atoms with Gasteiger partial charge >= 0.3 is 5.63 Å². The molecule has 0 aliphatic rings. The summed E-state index contributed by atoms with van der Waals surface area (Å²) in [5, 5.41) is 1.89. The molecule has 3 aromatic carbocycles. The van der Waals surface area contributed by atoms with Gasteiger partial charge in [0, 0.05) is 22.9 Å². The van der Waals surface area contributed by atoms with Crippen molar-refractivity contribution >= 4 is 33.8 Å². The summed E-state index contributed by atoms with van der Waals surface area (Å²) in [7, 11) is 0. The number of aromatic nitrogens is 2. The number of hydrogen-bond acceptors (Lipinski definition) is 4. The number of fused-ring (bicyclic) bond motifs is 2. The first kappa shape index (κ1) is 20.6. The summed E-state index contributed by atoms with van der Waals surface area (Å²) in [5.74, 6) is 1.02. The average molecular weight is 441 g/mol. The van der Waals surface area contributed by atoms with E-state index in [4.69, 9.17) is 9.40 Å². The van der Waals surface area contributed by atoms with Gasteiger partial charge in [0.25, 0.3) is 0 Å². The van der Waals surface area contributed by atoms with Crippen LogP contribution in [0.4, 0.5) is 0 Å². The fourth-order valence-electron chi connectivity index (χ4n) is 4.20. The molecule has 0 bridgehead atoms. The van der Waals surface area contributed by atoms with Gasteiger partial charge < -0.3 is 4.42 Å². The molecular formula is C27H24N2O2S. The van der Waals surface area contributed by atoms with Crippen LogP contribution in [0.1, 0.15) is 36.5 Å². The van der Waals surface area contributed by atoms with Gasteiger partial charge in [-0.25, -0.2) is 9.78 Å². The number of aryl methyl sites for hydroxylation is 1. The van der Waals surface area contributed by atoms with Crippen molar-refractivity contribution in [3.63, 3.8) is 0 Å². The molecule has 0 N–H and O–H groups in total. The van der Waals surface area contributed by atoms with Crippen LogP contribution in [-0.4, -0.2) is 9.55 Å².